The third-order valence-corrected chi connectivity index (χ3v) is 5.10. The van der Waals surface area contributed by atoms with Gasteiger partial charge in [-0.05, 0) is 39.2 Å². The molecule has 6 heteroatoms. The number of benzene rings is 1. The number of nitrogens with zero attached hydrogens (tertiary/aromatic N) is 2. The monoisotopic (exact) mass is 450 g/mol. The van der Waals surface area contributed by atoms with Gasteiger partial charge in [0, 0.05) is 43.7 Å². The Bertz CT molecular complexity index is 465. The van der Waals surface area contributed by atoms with Crippen LogP contribution < -0.4 is 15.5 Å². The van der Waals surface area contributed by atoms with E-state index in [1.54, 1.807) is 0 Å². The molecule has 0 aliphatic carbocycles. The SMILES string of the molecule is CN=C(NCC(C)N(C)c1ccccc1)NCC(C)(C)SC.I. The van der Waals surface area contributed by atoms with Crippen LogP contribution in [0.3, 0.4) is 0 Å². The minimum atomic E-state index is 0. The van der Waals surface area contributed by atoms with E-state index < -0.39 is 0 Å². The normalized spacial score (nSPS) is 13.0. The van der Waals surface area contributed by atoms with Crippen LogP contribution in [-0.2, 0) is 0 Å². The number of nitrogens with one attached hydrogen (secondary N) is 2. The molecule has 0 fully saturated rings. The van der Waals surface area contributed by atoms with Crippen molar-refractivity contribution >= 4 is 47.4 Å². The lowest BCUT2D eigenvalue weighted by Gasteiger charge is -2.28. The summed E-state index contributed by atoms with van der Waals surface area (Å²) >= 11 is 1.85. The quantitative estimate of drug-likeness (QED) is 0.380. The van der Waals surface area contributed by atoms with E-state index in [0.29, 0.717) is 6.04 Å². The Morgan fingerprint density at radius 1 is 1.26 bits per heavy atom. The standard InChI is InChI=1S/C17H30N4S.HI/c1-14(21(5)15-10-8-7-9-11-15)12-19-16(18-4)20-13-17(2,3)22-6;/h7-11,14H,12-13H2,1-6H3,(H2,18,19,20);1H. The Balaban J connectivity index is 0.00000484. The second kappa shape index (κ2) is 11.0. The molecule has 0 saturated carbocycles. The minimum Gasteiger partial charge on any atom is -0.370 e. The van der Waals surface area contributed by atoms with Crippen molar-refractivity contribution in [3.8, 4) is 0 Å². The summed E-state index contributed by atoms with van der Waals surface area (Å²) in [6.45, 7) is 8.38. The highest BCUT2D eigenvalue weighted by Gasteiger charge is 2.16. The number of guanidine groups is 1. The molecule has 0 heterocycles. The molecule has 2 N–H and O–H groups in total. The van der Waals surface area contributed by atoms with Gasteiger partial charge in [0.25, 0.3) is 0 Å². The van der Waals surface area contributed by atoms with E-state index in [2.05, 4.69) is 78.9 Å². The van der Waals surface area contributed by atoms with Gasteiger partial charge in [0.05, 0.1) is 0 Å². The number of hydrogen-bond donors (Lipinski definition) is 2. The number of halogens is 1. The van der Waals surface area contributed by atoms with Gasteiger partial charge in [-0.2, -0.15) is 11.8 Å². The number of thioether (sulfide) groups is 1. The van der Waals surface area contributed by atoms with Gasteiger partial charge in [-0.1, -0.05) is 18.2 Å². The molecule has 1 aromatic carbocycles. The van der Waals surface area contributed by atoms with E-state index in [1.807, 2.05) is 24.9 Å². The Hall–Kier alpha value is -0.630. The van der Waals surface area contributed by atoms with Crippen LogP contribution in [0.2, 0.25) is 0 Å². The van der Waals surface area contributed by atoms with Gasteiger partial charge < -0.3 is 15.5 Å². The minimum absolute atomic E-state index is 0. The molecule has 4 nitrogen and oxygen atoms in total. The molecule has 23 heavy (non-hydrogen) atoms. The summed E-state index contributed by atoms with van der Waals surface area (Å²) in [6.07, 6.45) is 2.13. The highest BCUT2D eigenvalue weighted by Crippen LogP contribution is 2.19. The van der Waals surface area contributed by atoms with Crippen molar-refractivity contribution in [1.29, 1.82) is 0 Å². The lowest BCUT2D eigenvalue weighted by Crippen LogP contribution is -2.47. The number of likely N-dealkylation sites (N-methyl/N-ethyl adjacent to an activating group) is 1. The zero-order valence-corrected chi connectivity index (χ0v) is 18.2. The van der Waals surface area contributed by atoms with Crippen LogP contribution in [-0.4, -0.2) is 50.2 Å². The van der Waals surface area contributed by atoms with Crippen molar-refractivity contribution in [1.82, 2.24) is 10.6 Å². The molecule has 0 aliphatic rings. The van der Waals surface area contributed by atoms with Gasteiger partial charge in [-0.25, -0.2) is 0 Å². The first kappa shape index (κ1) is 22.4. The Kier molecular flexibility index (Phi) is 10.7. The number of aliphatic imine (C=N–C) groups is 1. The fraction of sp³-hybridized carbons (Fsp3) is 0.588. The summed E-state index contributed by atoms with van der Waals surface area (Å²) in [5.74, 6) is 0.857. The number of para-hydroxylation sites is 1. The molecule has 0 aliphatic heterocycles. The molecule has 0 spiro atoms. The van der Waals surface area contributed by atoms with E-state index in [1.165, 1.54) is 5.69 Å². The maximum absolute atomic E-state index is 4.30. The smallest absolute Gasteiger partial charge is 0.191 e. The Morgan fingerprint density at radius 2 is 1.87 bits per heavy atom. The van der Waals surface area contributed by atoms with Gasteiger partial charge in [0.1, 0.15) is 0 Å². The van der Waals surface area contributed by atoms with E-state index in [-0.39, 0.29) is 28.7 Å². The number of hydrogen-bond acceptors (Lipinski definition) is 3. The first-order valence-corrected chi connectivity index (χ1v) is 8.89. The summed E-state index contributed by atoms with van der Waals surface area (Å²) in [4.78, 5) is 6.57. The molecular formula is C17H31IN4S. The molecule has 1 aromatic rings. The molecule has 1 rings (SSSR count). The largest absolute Gasteiger partial charge is 0.370 e. The maximum Gasteiger partial charge on any atom is 0.191 e. The first-order valence-electron chi connectivity index (χ1n) is 7.67. The molecule has 1 atom stereocenters. The van der Waals surface area contributed by atoms with Crippen molar-refractivity contribution < 1.29 is 0 Å². The Morgan fingerprint density at radius 3 is 2.39 bits per heavy atom. The third kappa shape index (κ3) is 8.15. The molecule has 0 aromatic heterocycles. The van der Waals surface area contributed by atoms with Crippen LogP contribution in [0.1, 0.15) is 20.8 Å². The van der Waals surface area contributed by atoms with Crippen molar-refractivity contribution in [2.24, 2.45) is 4.99 Å². The first-order chi connectivity index (χ1) is 10.4. The van der Waals surface area contributed by atoms with Crippen molar-refractivity contribution in [2.75, 3.05) is 38.3 Å². The molecule has 0 amide bonds. The summed E-state index contributed by atoms with van der Waals surface area (Å²) in [7, 11) is 3.93. The topological polar surface area (TPSA) is 39.7 Å². The average Bonchev–Trinajstić information content (AvgIpc) is 2.54. The van der Waals surface area contributed by atoms with Crippen LogP contribution >= 0.6 is 35.7 Å². The number of rotatable bonds is 7. The van der Waals surface area contributed by atoms with Crippen molar-refractivity contribution in [3.63, 3.8) is 0 Å². The fourth-order valence-corrected chi connectivity index (χ4v) is 2.10. The van der Waals surface area contributed by atoms with Gasteiger partial charge in [-0.15, -0.1) is 24.0 Å². The van der Waals surface area contributed by atoms with Crippen LogP contribution in [0.25, 0.3) is 0 Å². The van der Waals surface area contributed by atoms with E-state index in [9.17, 15) is 0 Å². The van der Waals surface area contributed by atoms with E-state index in [4.69, 9.17) is 0 Å². The van der Waals surface area contributed by atoms with Crippen molar-refractivity contribution in [2.45, 2.75) is 31.6 Å². The fourth-order valence-electron chi connectivity index (χ4n) is 1.89. The van der Waals surface area contributed by atoms with Crippen LogP contribution in [0.5, 0.6) is 0 Å². The summed E-state index contributed by atoms with van der Waals surface area (Å²) < 4.78 is 0.198. The molecule has 0 radical (unpaired) electrons. The van der Waals surface area contributed by atoms with Gasteiger partial charge >= 0.3 is 0 Å². The average molecular weight is 450 g/mol. The second-order valence-corrected chi connectivity index (χ2v) is 7.58. The van der Waals surface area contributed by atoms with Crippen LogP contribution in [0, 0.1) is 0 Å². The zero-order chi connectivity index (χ0) is 16.6. The highest BCUT2D eigenvalue weighted by molar-refractivity contribution is 14.0. The maximum atomic E-state index is 4.30. The lowest BCUT2D eigenvalue weighted by atomic mass is 10.2. The second-order valence-electron chi connectivity index (χ2n) is 6.07. The van der Waals surface area contributed by atoms with Gasteiger partial charge in [0.2, 0.25) is 0 Å². The van der Waals surface area contributed by atoms with E-state index >= 15 is 0 Å². The molecule has 0 bridgehead atoms. The van der Waals surface area contributed by atoms with Crippen LogP contribution in [0.4, 0.5) is 5.69 Å². The predicted octanol–water partition coefficient (Wildman–Crippen LogP) is 3.44. The van der Waals surface area contributed by atoms with Crippen LogP contribution in [0.15, 0.2) is 35.3 Å². The van der Waals surface area contributed by atoms with E-state index in [0.717, 1.165) is 19.0 Å². The summed E-state index contributed by atoms with van der Waals surface area (Å²) in [5, 5.41) is 6.80. The predicted molar refractivity (Wildman–Crippen MR) is 117 cm³/mol. The highest BCUT2D eigenvalue weighted by atomic mass is 127. The molecular weight excluding hydrogens is 419 g/mol. The van der Waals surface area contributed by atoms with Gasteiger partial charge in [0.15, 0.2) is 5.96 Å². The lowest BCUT2D eigenvalue weighted by molar-refractivity contribution is 0.630. The summed E-state index contributed by atoms with van der Waals surface area (Å²) in [6, 6.07) is 10.8. The Labute approximate surface area is 162 Å². The zero-order valence-electron chi connectivity index (χ0n) is 15.1. The summed E-state index contributed by atoms with van der Waals surface area (Å²) in [5.41, 5.74) is 1.23. The molecule has 0 saturated heterocycles. The van der Waals surface area contributed by atoms with Crippen molar-refractivity contribution in [3.05, 3.63) is 30.3 Å². The third-order valence-electron chi connectivity index (χ3n) is 3.85. The van der Waals surface area contributed by atoms with Gasteiger partial charge in [-0.3, -0.25) is 4.99 Å². The molecule has 1 unspecified atom stereocenters. The molecule has 132 valence electrons. The number of anilines is 1.